The first-order valence-electron chi connectivity index (χ1n) is 6.26. The molecule has 0 aliphatic rings. The second kappa shape index (κ2) is 6.17. The Hall–Kier alpha value is -1.12. The molecule has 0 saturated heterocycles. The highest BCUT2D eigenvalue weighted by atomic mass is 79.9. The van der Waals surface area contributed by atoms with Gasteiger partial charge >= 0.3 is 0 Å². The summed E-state index contributed by atoms with van der Waals surface area (Å²) in [6.07, 6.45) is 0. The van der Waals surface area contributed by atoms with Crippen LogP contribution in [0.3, 0.4) is 0 Å². The predicted molar refractivity (Wildman–Crippen MR) is 80.8 cm³/mol. The third kappa shape index (κ3) is 3.01. The van der Waals surface area contributed by atoms with Crippen molar-refractivity contribution in [2.24, 2.45) is 0 Å². The van der Waals surface area contributed by atoms with Crippen molar-refractivity contribution in [1.82, 2.24) is 5.32 Å². The molecular formula is C16H18BrN. The Morgan fingerprint density at radius 2 is 1.83 bits per heavy atom. The normalized spacial score (nSPS) is 12.4. The minimum Gasteiger partial charge on any atom is -0.307 e. The molecular weight excluding hydrogens is 286 g/mol. The lowest BCUT2D eigenvalue weighted by Gasteiger charge is -2.21. The quantitative estimate of drug-likeness (QED) is 0.879. The second-order valence-electron chi connectivity index (χ2n) is 4.40. The fraction of sp³-hybridized carbons (Fsp3) is 0.250. The SMILES string of the molecule is CCNC(c1ccccc1)c1cc(Br)ccc1C. The van der Waals surface area contributed by atoms with Crippen molar-refractivity contribution in [2.45, 2.75) is 19.9 Å². The van der Waals surface area contributed by atoms with Gasteiger partial charge in [-0.2, -0.15) is 0 Å². The van der Waals surface area contributed by atoms with E-state index in [2.05, 4.69) is 83.6 Å². The van der Waals surface area contributed by atoms with E-state index in [0.717, 1.165) is 11.0 Å². The van der Waals surface area contributed by atoms with Gasteiger partial charge < -0.3 is 5.32 Å². The Bertz CT molecular complexity index is 508. The summed E-state index contributed by atoms with van der Waals surface area (Å²) in [6, 6.07) is 17.3. The first kappa shape index (κ1) is 13.3. The van der Waals surface area contributed by atoms with Gasteiger partial charge in [-0.05, 0) is 42.3 Å². The number of nitrogens with one attached hydrogen (secondary N) is 1. The van der Waals surface area contributed by atoms with Gasteiger partial charge in [0.2, 0.25) is 0 Å². The van der Waals surface area contributed by atoms with E-state index in [4.69, 9.17) is 0 Å². The molecule has 1 nitrogen and oxygen atoms in total. The average Bonchev–Trinajstić information content (AvgIpc) is 2.40. The van der Waals surface area contributed by atoms with Crippen molar-refractivity contribution in [2.75, 3.05) is 6.54 Å². The number of hydrogen-bond acceptors (Lipinski definition) is 1. The van der Waals surface area contributed by atoms with Crippen LogP contribution in [0.4, 0.5) is 0 Å². The van der Waals surface area contributed by atoms with Crippen molar-refractivity contribution >= 4 is 15.9 Å². The Morgan fingerprint density at radius 3 is 2.50 bits per heavy atom. The summed E-state index contributed by atoms with van der Waals surface area (Å²) >= 11 is 3.56. The molecule has 0 bridgehead atoms. The largest absolute Gasteiger partial charge is 0.307 e. The van der Waals surface area contributed by atoms with Crippen LogP contribution in [-0.2, 0) is 0 Å². The van der Waals surface area contributed by atoms with E-state index in [1.54, 1.807) is 0 Å². The smallest absolute Gasteiger partial charge is 0.0579 e. The van der Waals surface area contributed by atoms with E-state index in [-0.39, 0.29) is 6.04 Å². The molecule has 18 heavy (non-hydrogen) atoms. The van der Waals surface area contributed by atoms with Gasteiger partial charge in [-0.1, -0.05) is 59.3 Å². The summed E-state index contributed by atoms with van der Waals surface area (Å²) in [5.74, 6) is 0. The topological polar surface area (TPSA) is 12.0 Å². The van der Waals surface area contributed by atoms with Crippen molar-refractivity contribution in [3.63, 3.8) is 0 Å². The molecule has 2 aromatic carbocycles. The molecule has 0 saturated carbocycles. The molecule has 2 heteroatoms. The van der Waals surface area contributed by atoms with E-state index < -0.39 is 0 Å². The summed E-state index contributed by atoms with van der Waals surface area (Å²) in [5, 5.41) is 3.56. The van der Waals surface area contributed by atoms with Crippen molar-refractivity contribution < 1.29 is 0 Å². The predicted octanol–water partition coefficient (Wildman–Crippen LogP) is 4.46. The molecule has 0 radical (unpaired) electrons. The van der Waals surface area contributed by atoms with Crippen LogP contribution in [0.1, 0.15) is 29.7 Å². The number of aryl methyl sites for hydroxylation is 1. The first-order valence-corrected chi connectivity index (χ1v) is 7.06. The van der Waals surface area contributed by atoms with Crippen LogP contribution in [-0.4, -0.2) is 6.54 Å². The summed E-state index contributed by atoms with van der Waals surface area (Å²) in [4.78, 5) is 0. The van der Waals surface area contributed by atoms with Gasteiger partial charge in [-0.15, -0.1) is 0 Å². The fourth-order valence-corrected chi connectivity index (χ4v) is 2.56. The van der Waals surface area contributed by atoms with Gasteiger partial charge in [0.05, 0.1) is 6.04 Å². The van der Waals surface area contributed by atoms with Crippen LogP contribution in [0.5, 0.6) is 0 Å². The van der Waals surface area contributed by atoms with Gasteiger partial charge in [0.25, 0.3) is 0 Å². The molecule has 0 aliphatic heterocycles. The van der Waals surface area contributed by atoms with Crippen molar-refractivity contribution in [3.8, 4) is 0 Å². The molecule has 1 N–H and O–H groups in total. The average molecular weight is 304 g/mol. The highest BCUT2D eigenvalue weighted by molar-refractivity contribution is 9.10. The van der Waals surface area contributed by atoms with Gasteiger partial charge in [-0.25, -0.2) is 0 Å². The van der Waals surface area contributed by atoms with Crippen molar-refractivity contribution in [1.29, 1.82) is 0 Å². The lowest BCUT2D eigenvalue weighted by atomic mass is 9.95. The standard InChI is InChI=1S/C16H18BrN/c1-3-18-16(13-7-5-4-6-8-13)15-11-14(17)10-9-12(15)2/h4-11,16,18H,3H2,1-2H3. The highest BCUT2D eigenvalue weighted by Gasteiger charge is 2.14. The number of rotatable bonds is 4. The van der Waals surface area contributed by atoms with Gasteiger partial charge in [0.1, 0.15) is 0 Å². The zero-order chi connectivity index (χ0) is 13.0. The maximum Gasteiger partial charge on any atom is 0.0579 e. The molecule has 94 valence electrons. The van der Waals surface area contributed by atoms with Crippen LogP contribution in [0.25, 0.3) is 0 Å². The molecule has 0 fully saturated rings. The molecule has 0 amide bonds. The zero-order valence-corrected chi connectivity index (χ0v) is 12.4. The molecule has 0 heterocycles. The van der Waals surface area contributed by atoms with E-state index in [9.17, 15) is 0 Å². The Balaban J connectivity index is 2.44. The summed E-state index contributed by atoms with van der Waals surface area (Å²) in [5.41, 5.74) is 3.95. The summed E-state index contributed by atoms with van der Waals surface area (Å²) in [6.45, 7) is 5.25. The van der Waals surface area contributed by atoms with Crippen LogP contribution >= 0.6 is 15.9 Å². The third-order valence-electron chi connectivity index (χ3n) is 3.09. The van der Waals surface area contributed by atoms with Crippen LogP contribution in [0, 0.1) is 6.92 Å². The van der Waals surface area contributed by atoms with Gasteiger partial charge in [-0.3, -0.25) is 0 Å². The van der Waals surface area contributed by atoms with E-state index in [1.807, 2.05) is 0 Å². The minimum atomic E-state index is 0.258. The lowest BCUT2D eigenvalue weighted by Crippen LogP contribution is -2.22. The second-order valence-corrected chi connectivity index (χ2v) is 5.32. The molecule has 2 aromatic rings. The third-order valence-corrected chi connectivity index (χ3v) is 3.59. The maximum absolute atomic E-state index is 3.56. The van der Waals surface area contributed by atoms with Crippen molar-refractivity contribution in [3.05, 3.63) is 69.7 Å². The molecule has 1 unspecified atom stereocenters. The maximum atomic E-state index is 3.56. The Morgan fingerprint density at radius 1 is 1.11 bits per heavy atom. The lowest BCUT2D eigenvalue weighted by molar-refractivity contribution is 0.627. The molecule has 0 aliphatic carbocycles. The van der Waals surface area contributed by atoms with E-state index >= 15 is 0 Å². The Kier molecular flexibility index (Phi) is 4.56. The van der Waals surface area contributed by atoms with E-state index in [1.165, 1.54) is 16.7 Å². The zero-order valence-electron chi connectivity index (χ0n) is 10.8. The van der Waals surface area contributed by atoms with Crippen LogP contribution in [0.2, 0.25) is 0 Å². The summed E-state index contributed by atoms with van der Waals surface area (Å²) in [7, 11) is 0. The van der Waals surface area contributed by atoms with Gasteiger partial charge in [0, 0.05) is 4.47 Å². The number of benzene rings is 2. The molecule has 2 rings (SSSR count). The van der Waals surface area contributed by atoms with Gasteiger partial charge in [0.15, 0.2) is 0 Å². The summed E-state index contributed by atoms with van der Waals surface area (Å²) < 4.78 is 1.13. The van der Waals surface area contributed by atoms with Crippen LogP contribution in [0.15, 0.2) is 53.0 Å². The Labute approximate surface area is 117 Å². The monoisotopic (exact) mass is 303 g/mol. The highest BCUT2D eigenvalue weighted by Crippen LogP contribution is 2.27. The fourth-order valence-electron chi connectivity index (χ4n) is 2.18. The number of hydrogen-bond donors (Lipinski definition) is 1. The molecule has 1 atom stereocenters. The molecule has 0 spiro atoms. The number of halogens is 1. The minimum absolute atomic E-state index is 0.258. The first-order chi connectivity index (χ1) is 8.72. The van der Waals surface area contributed by atoms with E-state index in [0.29, 0.717) is 0 Å². The van der Waals surface area contributed by atoms with Crippen LogP contribution < -0.4 is 5.32 Å². The molecule has 0 aromatic heterocycles.